The van der Waals surface area contributed by atoms with E-state index < -0.39 is 0 Å². The molecule has 4 rings (SSSR count). The van der Waals surface area contributed by atoms with Crippen molar-refractivity contribution in [1.82, 2.24) is 9.47 Å². The van der Waals surface area contributed by atoms with Gasteiger partial charge in [0.05, 0.1) is 7.11 Å². The van der Waals surface area contributed by atoms with Crippen molar-refractivity contribution in [3.63, 3.8) is 0 Å². The van der Waals surface area contributed by atoms with Crippen molar-refractivity contribution in [2.24, 2.45) is 5.92 Å². The van der Waals surface area contributed by atoms with Gasteiger partial charge in [-0.25, -0.2) is 0 Å². The van der Waals surface area contributed by atoms with Crippen LogP contribution in [-0.2, 0) is 16.1 Å². The lowest BCUT2D eigenvalue weighted by Crippen LogP contribution is -2.49. The van der Waals surface area contributed by atoms with E-state index in [0.29, 0.717) is 31.2 Å². The average molecular weight is 395 g/mol. The summed E-state index contributed by atoms with van der Waals surface area (Å²) in [6.45, 7) is 1.92. The zero-order chi connectivity index (χ0) is 20.4. The van der Waals surface area contributed by atoms with E-state index in [1.54, 1.807) is 43.5 Å². The first-order valence-corrected chi connectivity index (χ1v) is 9.95. The molecule has 7 heteroatoms. The molecule has 0 aliphatic carbocycles. The second-order valence-electron chi connectivity index (χ2n) is 7.77. The number of carbonyl (C=O) groups is 2. The summed E-state index contributed by atoms with van der Waals surface area (Å²) in [4.78, 5) is 38.9. The van der Waals surface area contributed by atoms with E-state index in [9.17, 15) is 14.4 Å². The maximum absolute atomic E-state index is 12.7. The highest BCUT2D eigenvalue weighted by atomic mass is 16.5. The Morgan fingerprint density at radius 3 is 2.62 bits per heavy atom. The van der Waals surface area contributed by atoms with E-state index >= 15 is 0 Å². The fraction of sp³-hybridized carbons (Fsp3) is 0.409. The molecule has 1 fully saturated rings. The summed E-state index contributed by atoms with van der Waals surface area (Å²) in [5.41, 5.74) is 1.73. The van der Waals surface area contributed by atoms with Crippen LogP contribution in [0.3, 0.4) is 0 Å². The number of hydrogen-bond donors (Lipinski definition) is 1. The van der Waals surface area contributed by atoms with E-state index in [1.165, 1.54) is 0 Å². The molecule has 0 spiro atoms. The van der Waals surface area contributed by atoms with Crippen LogP contribution in [0.4, 0.5) is 5.69 Å². The molecule has 1 aromatic heterocycles. The van der Waals surface area contributed by atoms with Crippen molar-refractivity contribution in [2.75, 3.05) is 25.5 Å². The van der Waals surface area contributed by atoms with Gasteiger partial charge < -0.3 is 19.5 Å². The number of rotatable bonds is 5. The van der Waals surface area contributed by atoms with Crippen molar-refractivity contribution < 1.29 is 14.3 Å². The molecule has 152 valence electrons. The number of carbonyl (C=O) groups excluding carboxylic acids is 2. The molecule has 2 aliphatic heterocycles. The lowest BCUT2D eigenvalue weighted by atomic mass is 9.83. The Kier molecular flexibility index (Phi) is 5.38. The summed E-state index contributed by atoms with van der Waals surface area (Å²) in [7, 11) is 1.59. The van der Waals surface area contributed by atoms with E-state index in [4.69, 9.17) is 4.74 Å². The quantitative estimate of drug-likeness (QED) is 0.842. The van der Waals surface area contributed by atoms with Crippen LogP contribution >= 0.6 is 0 Å². The van der Waals surface area contributed by atoms with E-state index in [0.717, 1.165) is 17.9 Å². The van der Waals surface area contributed by atoms with Gasteiger partial charge in [0.1, 0.15) is 5.75 Å². The monoisotopic (exact) mass is 395 g/mol. The number of anilines is 1. The Morgan fingerprint density at radius 2 is 1.86 bits per heavy atom. The predicted octanol–water partition coefficient (Wildman–Crippen LogP) is 2.22. The van der Waals surface area contributed by atoms with Crippen molar-refractivity contribution in [3.05, 3.63) is 58.5 Å². The van der Waals surface area contributed by atoms with Gasteiger partial charge in [-0.1, -0.05) is 6.07 Å². The summed E-state index contributed by atoms with van der Waals surface area (Å²) >= 11 is 0. The van der Waals surface area contributed by atoms with Gasteiger partial charge in [-0.3, -0.25) is 14.4 Å². The highest BCUT2D eigenvalue weighted by Crippen LogP contribution is 2.35. The van der Waals surface area contributed by atoms with Crippen molar-refractivity contribution in [3.8, 4) is 5.75 Å². The molecular weight excluding hydrogens is 370 g/mol. The number of hydrogen-bond acceptors (Lipinski definition) is 4. The summed E-state index contributed by atoms with van der Waals surface area (Å²) in [6, 6.07) is 12.5. The van der Waals surface area contributed by atoms with Crippen LogP contribution in [0.1, 0.15) is 30.9 Å². The number of nitrogens with one attached hydrogen (secondary N) is 1. The largest absolute Gasteiger partial charge is 0.497 e. The fourth-order valence-corrected chi connectivity index (χ4v) is 4.38. The molecule has 2 aliphatic rings. The van der Waals surface area contributed by atoms with E-state index in [-0.39, 0.29) is 36.1 Å². The van der Waals surface area contributed by atoms with Gasteiger partial charge in [-0.05, 0) is 42.7 Å². The predicted molar refractivity (Wildman–Crippen MR) is 109 cm³/mol. The maximum Gasteiger partial charge on any atom is 0.250 e. The number of piperidine rings is 1. The number of benzene rings is 1. The minimum Gasteiger partial charge on any atom is -0.497 e. The average Bonchev–Trinajstić information content (AvgIpc) is 2.73. The van der Waals surface area contributed by atoms with Gasteiger partial charge in [0.25, 0.3) is 5.56 Å². The molecule has 29 heavy (non-hydrogen) atoms. The lowest BCUT2D eigenvalue weighted by molar-refractivity contribution is -0.135. The number of methoxy groups -OCH3 is 1. The molecule has 2 bridgehead atoms. The SMILES string of the molecule is COc1ccc(NC(=O)CCC(=O)N2C[C@H]3C[C@H](C2)c2cccc(=O)n2C3)cc1. The number of aromatic nitrogens is 1. The second-order valence-corrected chi connectivity index (χ2v) is 7.77. The first-order chi connectivity index (χ1) is 14.0. The molecule has 0 radical (unpaired) electrons. The summed E-state index contributed by atoms with van der Waals surface area (Å²) < 4.78 is 6.95. The number of ether oxygens (including phenoxy) is 1. The van der Waals surface area contributed by atoms with Crippen LogP contribution in [0.2, 0.25) is 0 Å². The summed E-state index contributed by atoms with van der Waals surface area (Å²) in [5.74, 6) is 1.01. The van der Waals surface area contributed by atoms with Gasteiger partial charge in [0, 0.05) is 55.8 Å². The number of likely N-dealkylation sites (tertiary alicyclic amines) is 1. The molecule has 2 amide bonds. The topological polar surface area (TPSA) is 80.6 Å². The molecule has 1 N–H and O–H groups in total. The minimum atomic E-state index is -0.183. The first-order valence-electron chi connectivity index (χ1n) is 9.95. The minimum absolute atomic E-state index is 0.00342. The molecule has 2 aromatic rings. The normalized spacial score (nSPS) is 20.0. The van der Waals surface area contributed by atoms with Gasteiger partial charge in [0.15, 0.2) is 0 Å². The standard InChI is InChI=1S/C22H25N3O4/c1-29-18-7-5-17(6-8-18)23-20(26)9-10-21(27)24-12-15-11-16(14-24)19-3-2-4-22(28)25(19)13-15/h2-8,15-16H,9-14H2,1H3,(H,23,26)/t15-,16-/m1/s1. The van der Waals surface area contributed by atoms with Crippen LogP contribution in [0.15, 0.2) is 47.3 Å². The Morgan fingerprint density at radius 1 is 1.07 bits per heavy atom. The Bertz CT molecular complexity index is 967. The van der Waals surface area contributed by atoms with E-state index in [2.05, 4.69) is 5.32 Å². The molecule has 0 saturated carbocycles. The highest BCUT2D eigenvalue weighted by Gasteiger charge is 2.36. The number of pyridine rings is 1. The molecule has 1 saturated heterocycles. The van der Waals surface area contributed by atoms with Crippen LogP contribution in [0, 0.1) is 5.92 Å². The Hall–Kier alpha value is -3.09. The van der Waals surface area contributed by atoms with Gasteiger partial charge in [-0.2, -0.15) is 0 Å². The van der Waals surface area contributed by atoms with Crippen LogP contribution in [0.5, 0.6) is 5.75 Å². The van der Waals surface area contributed by atoms with Gasteiger partial charge in [-0.15, -0.1) is 0 Å². The second kappa shape index (κ2) is 8.11. The van der Waals surface area contributed by atoms with Crippen LogP contribution in [-0.4, -0.2) is 41.5 Å². The maximum atomic E-state index is 12.7. The van der Waals surface area contributed by atoms with Crippen molar-refractivity contribution in [2.45, 2.75) is 31.7 Å². The summed E-state index contributed by atoms with van der Waals surface area (Å²) in [6.07, 6.45) is 1.33. The molecule has 2 atom stereocenters. The zero-order valence-corrected chi connectivity index (χ0v) is 16.5. The van der Waals surface area contributed by atoms with Crippen molar-refractivity contribution >= 4 is 17.5 Å². The highest BCUT2D eigenvalue weighted by molar-refractivity contribution is 5.93. The fourth-order valence-electron chi connectivity index (χ4n) is 4.38. The number of amides is 2. The third-order valence-corrected chi connectivity index (χ3v) is 5.77. The smallest absolute Gasteiger partial charge is 0.250 e. The van der Waals surface area contributed by atoms with Crippen LogP contribution < -0.4 is 15.6 Å². The number of nitrogens with zero attached hydrogens (tertiary/aromatic N) is 2. The van der Waals surface area contributed by atoms with Crippen LogP contribution in [0.25, 0.3) is 0 Å². The summed E-state index contributed by atoms with van der Waals surface area (Å²) in [5, 5.41) is 2.81. The molecule has 0 unspecified atom stereocenters. The molecule has 3 heterocycles. The molecular formula is C22H25N3O4. The third kappa shape index (κ3) is 4.18. The Balaban J connectivity index is 1.32. The van der Waals surface area contributed by atoms with Gasteiger partial charge in [0.2, 0.25) is 11.8 Å². The molecule has 7 nitrogen and oxygen atoms in total. The molecule has 1 aromatic carbocycles. The first kappa shape index (κ1) is 19.2. The third-order valence-electron chi connectivity index (χ3n) is 5.77. The van der Waals surface area contributed by atoms with Gasteiger partial charge >= 0.3 is 0 Å². The van der Waals surface area contributed by atoms with Crippen molar-refractivity contribution in [1.29, 1.82) is 0 Å². The number of fused-ring (bicyclic) bond motifs is 4. The zero-order valence-electron chi connectivity index (χ0n) is 16.5. The Labute approximate surface area is 169 Å². The van der Waals surface area contributed by atoms with E-state index in [1.807, 2.05) is 15.5 Å². The lowest BCUT2D eigenvalue weighted by Gasteiger charge is -2.42.